The largest absolute Gasteiger partial charge is 0.508 e. The maximum atomic E-state index is 9.33. The zero-order valence-corrected chi connectivity index (χ0v) is 8.63. The van der Waals surface area contributed by atoms with E-state index in [1.54, 1.807) is 12.1 Å². The van der Waals surface area contributed by atoms with E-state index in [2.05, 4.69) is 4.90 Å². The molecular formula is C10H13NO2S. The predicted molar refractivity (Wildman–Crippen MR) is 59.3 cm³/mol. The Hall–Kier alpha value is -1.03. The molecule has 76 valence electrons. The van der Waals surface area contributed by atoms with E-state index in [1.165, 1.54) is 6.07 Å². The number of phenolic OH excluding ortho intramolecular Hbond substituents is 2. The number of hydrogen-bond acceptors (Lipinski definition) is 4. The lowest BCUT2D eigenvalue weighted by Gasteiger charge is -2.28. The molecule has 1 saturated heterocycles. The minimum atomic E-state index is 0.123. The van der Waals surface area contributed by atoms with E-state index >= 15 is 0 Å². The summed E-state index contributed by atoms with van der Waals surface area (Å²) in [6.07, 6.45) is 0. The lowest BCUT2D eigenvalue weighted by Crippen LogP contribution is -2.32. The Labute approximate surface area is 87.4 Å². The summed E-state index contributed by atoms with van der Waals surface area (Å²) in [5, 5.41) is 18.7. The average Bonchev–Trinajstić information content (AvgIpc) is 2.18. The Balaban J connectivity index is 2.21. The summed E-state index contributed by atoms with van der Waals surface area (Å²) in [5.41, 5.74) is 0.905. The van der Waals surface area contributed by atoms with E-state index in [0.717, 1.165) is 30.3 Å². The lowest BCUT2D eigenvalue weighted by molar-refractivity contribution is 0.450. The van der Waals surface area contributed by atoms with Gasteiger partial charge in [-0.2, -0.15) is 11.8 Å². The molecule has 0 radical (unpaired) electrons. The van der Waals surface area contributed by atoms with Gasteiger partial charge in [0.15, 0.2) is 0 Å². The Morgan fingerprint density at radius 3 is 2.14 bits per heavy atom. The first-order chi connectivity index (χ1) is 6.75. The van der Waals surface area contributed by atoms with E-state index in [4.69, 9.17) is 0 Å². The number of aromatic hydroxyl groups is 2. The van der Waals surface area contributed by atoms with Crippen LogP contribution in [-0.4, -0.2) is 34.8 Å². The van der Waals surface area contributed by atoms with E-state index in [-0.39, 0.29) is 11.5 Å². The summed E-state index contributed by atoms with van der Waals surface area (Å²) in [6.45, 7) is 1.96. The van der Waals surface area contributed by atoms with Gasteiger partial charge in [-0.05, 0) is 0 Å². The zero-order valence-electron chi connectivity index (χ0n) is 7.81. The van der Waals surface area contributed by atoms with E-state index in [1.807, 2.05) is 11.8 Å². The van der Waals surface area contributed by atoms with Gasteiger partial charge in [0, 0.05) is 48.5 Å². The molecule has 0 unspecified atom stereocenters. The average molecular weight is 211 g/mol. The second-order valence-electron chi connectivity index (χ2n) is 3.31. The van der Waals surface area contributed by atoms with E-state index in [9.17, 15) is 10.2 Å². The van der Waals surface area contributed by atoms with Crippen molar-refractivity contribution < 1.29 is 10.2 Å². The van der Waals surface area contributed by atoms with Crippen molar-refractivity contribution in [3.63, 3.8) is 0 Å². The Kier molecular flexibility index (Phi) is 2.72. The molecule has 2 N–H and O–H groups in total. The quantitative estimate of drug-likeness (QED) is 0.741. The molecule has 1 aromatic carbocycles. The molecule has 0 amide bonds. The molecule has 0 spiro atoms. The first-order valence-electron chi connectivity index (χ1n) is 4.61. The van der Waals surface area contributed by atoms with Gasteiger partial charge < -0.3 is 15.1 Å². The monoisotopic (exact) mass is 211 g/mol. The second-order valence-corrected chi connectivity index (χ2v) is 4.53. The van der Waals surface area contributed by atoms with Crippen LogP contribution >= 0.6 is 11.8 Å². The van der Waals surface area contributed by atoms with Crippen LogP contribution in [0.4, 0.5) is 5.69 Å². The second kappa shape index (κ2) is 4.00. The minimum absolute atomic E-state index is 0.123. The Morgan fingerprint density at radius 1 is 1.00 bits per heavy atom. The van der Waals surface area contributed by atoms with Gasteiger partial charge in [0.1, 0.15) is 11.5 Å². The van der Waals surface area contributed by atoms with Crippen molar-refractivity contribution in [2.45, 2.75) is 0 Å². The van der Waals surface area contributed by atoms with Crippen LogP contribution in [0, 0.1) is 0 Å². The molecular weight excluding hydrogens is 198 g/mol. The maximum absolute atomic E-state index is 9.33. The zero-order chi connectivity index (χ0) is 9.97. The highest BCUT2D eigenvalue weighted by Crippen LogP contribution is 2.28. The lowest BCUT2D eigenvalue weighted by atomic mass is 10.2. The van der Waals surface area contributed by atoms with Crippen LogP contribution in [-0.2, 0) is 0 Å². The van der Waals surface area contributed by atoms with Gasteiger partial charge in [-0.1, -0.05) is 0 Å². The first-order valence-corrected chi connectivity index (χ1v) is 5.77. The van der Waals surface area contributed by atoms with Gasteiger partial charge in [0.25, 0.3) is 0 Å². The van der Waals surface area contributed by atoms with Gasteiger partial charge in [0.2, 0.25) is 0 Å². The molecule has 0 atom stereocenters. The fourth-order valence-electron chi connectivity index (χ4n) is 1.58. The highest BCUT2D eigenvalue weighted by atomic mass is 32.2. The SMILES string of the molecule is Oc1cc(O)cc(N2CCSCC2)c1. The van der Waals surface area contributed by atoms with Crippen molar-refractivity contribution in [1.82, 2.24) is 0 Å². The molecule has 2 rings (SSSR count). The smallest absolute Gasteiger partial charge is 0.121 e. The number of rotatable bonds is 1. The van der Waals surface area contributed by atoms with Crippen LogP contribution in [0.15, 0.2) is 18.2 Å². The summed E-state index contributed by atoms with van der Waals surface area (Å²) >= 11 is 1.94. The molecule has 1 heterocycles. The van der Waals surface area contributed by atoms with Crippen molar-refractivity contribution in [3.8, 4) is 11.5 Å². The van der Waals surface area contributed by atoms with Gasteiger partial charge in [0.05, 0.1) is 0 Å². The van der Waals surface area contributed by atoms with Crippen molar-refractivity contribution in [1.29, 1.82) is 0 Å². The topological polar surface area (TPSA) is 43.7 Å². The molecule has 1 aliphatic heterocycles. The van der Waals surface area contributed by atoms with Crippen LogP contribution in [0.2, 0.25) is 0 Å². The molecule has 3 nitrogen and oxygen atoms in total. The molecule has 0 aliphatic carbocycles. The van der Waals surface area contributed by atoms with Gasteiger partial charge in [-0.15, -0.1) is 0 Å². The number of thioether (sulfide) groups is 1. The maximum Gasteiger partial charge on any atom is 0.121 e. The van der Waals surface area contributed by atoms with Gasteiger partial charge in [-0.3, -0.25) is 0 Å². The van der Waals surface area contributed by atoms with E-state index in [0.29, 0.717) is 0 Å². The number of hydrogen-bond donors (Lipinski definition) is 2. The molecule has 14 heavy (non-hydrogen) atoms. The summed E-state index contributed by atoms with van der Waals surface area (Å²) in [7, 11) is 0. The molecule has 0 bridgehead atoms. The fourth-order valence-corrected chi connectivity index (χ4v) is 2.49. The molecule has 1 fully saturated rings. The van der Waals surface area contributed by atoms with Crippen LogP contribution in [0.25, 0.3) is 0 Å². The molecule has 1 aromatic rings. The molecule has 0 saturated carbocycles. The summed E-state index contributed by atoms with van der Waals surface area (Å²) in [5.74, 6) is 2.46. The normalized spacial score (nSPS) is 17.0. The van der Waals surface area contributed by atoms with Crippen molar-refractivity contribution in [3.05, 3.63) is 18.2 Å². The Bertz CT molecular complexity index is 304. The number of benzene rings is 1. The Morgan fingerprint density at radius 2 is 1.57 bits per heavy atom. The van der Waals surface area contributed by atoms with Crippen molar-refractivity contribution in [2.75, 3.05) is 29.5 Å². The molecule has 0 aromatic heterocycles. The number of phenols is 2. The molecule has 1 aliphatic rings. The summed E-state index contributed by atoms with van der Waals surface area (Å²) < 4.78 is 0. The van der Waals surface area contributed by atoms with Crippen LogP contribution in [0.1, 0.15) is 0 Å². The third-order valence-corrected chi connectivity index (χ3v) is 3.21. The van der Waals surface area contributed by atoms with E-state index < -0.39 is 0 Å². The highest BCUT2D eigenvalue weighted by molar-refractivity contribution is 7.99. The van der Waals surface area contributed by atoms with Gasteiger partial charge >= 0.3 is 0 Å². The molecule has 4 heteroatoms. The van der Waals surface area contributed by atoms with Crippen LogP contribution in [0.5, 0.6) is 11.5 Å². The van der Waals surface area contributed by atoms with Gasteiger partial charge in [-0.25, -0.2) is 0 Å². The van der Waals surface area contributed by atoms with Crippen LogP contribution < -0.4 is 4.90 Å². The standard InChI is InChI=1S/C10H13NO2S/c12-9-5-8(6-10(13)7-9)11-1-3-14-4-2-11/h5-7,12-13H,1-4H2. The number of nitrogens with zero attached hydrogens (tertiary/aromatic N) is 1. The fraction of sp³-hybridized carbons (Fsp3) is 0.400. The van der Waals surface area contributed by atoms with Crippen LogP contribution in [0.3, 0.4) is 0 Å². The summed E-state index contributed by atoms with van der Waals surface area (Å²) in [4.78, 5) is 2.18. The summed E-state index contributed by atoms with van der Waals surface area (Å²) in [6, 6.07) is 4.73. The highest BCUT2D eigenvalue weighted by Gasteiger charge is 2.12. The van der Waals surface area contributed by atoms with Crippen molar-refractivity contribution in [2.24, 2.45) is 0 Å². The minimum Gasteiger partial charge on any atom is -0.508 e. The third kappa shape index (κ3) is 2.07. The first kappa shape index (κ1) is 9.52. The van der Waals surface area contributed by atoms with Crippen molar-refractivity contribution >= 4 is 17.4 Å². The number of anilines is 1. The third-order valence-electron chi connectivity index (χ3n) is 2.26. The predicted octanol–water partition coefficient (Wildman–Crippen LogP) is 1.65.